The maximum Gasteiger partial charge on any atom is 0.573 e. The van der Waals surface area contributed by atoms with E-state index < -0.39 is 18.5 Å². The van der Waals surface area contributed by atoms with Crippen LogP contribution in [0.25, 0.3) is 0 Å². The van der Waals surface area contributed by atoms with Crippen LogP contribution < -0.4 is 15.8 Å². The first kappa shape index (κ1) is 23.4. The third-order valence-corrected chi connectivity index (χ3v) is 5.05. The summed E-state index contributed by atoms with van der Waals surface area (Å²) in [4.78, 5) is 11.0. The van der Waals surface area contributed by atoms with Gasteiger partial charge in [-0.15, -0.1) is 28.5 Å². The predicted molar refractivity (Wildman–Crippen MR) is 108 cm³/mol. The average molecular weight is 471 g/mol. The number of aliphatic hydroxyl groups is 1. The molecule has 1 unspecified atom stereocenters. The van der Waals surface area contributed by atoms with E-state index in [0.717, 1.165) is 17.8 Å². The van der Waals surface area contributed by atoms with Crippen molar-refractivity contribution in [1.29, 1.82) is 0 Å². The second-order valence-electron chi connectivity index (χ2n) is 6.75. The molecule has 2 heterocycles. The third kappa shape index (κ3) is 7.46. The Morgan fingerprint density at radius 2 is 2.09 bits per heavy atom. The van der Waals surface area contributed by atoms with Gasteiger partial charge in [0.2, 0.25) is 5.13 Å². The van der Waals surface area contributed by atoms with Gasteiger partial charge in [0, 0.05) is 19.4 Å². The number of halogens is 3. The molecule has 1 amide bonds. The van der Waals surface area contributed by atoms with Crippen LogP contribution in [0.15, 0.2) is 30.5 Å². The Morgan fingerprint density at radius 1 is 1.28 bits per heavy atom. The van der Waals surface area contributed by atoms with Crippen molar-refractivity contribution in [2.75, 3.05) is 5.32 Å². The van der Waals surface area contributed by atoms with E-state index in [4.69, 9.17) is 5.73 Å². The molecule has 0 fully saturated rings. The first-order valence-corrected chi connectivity index (χ1v) is 10.3. The zero-order chi connectivity index (χ0) is 23.1. The molecule has 14 heteroatoms. The summed E-state index contributed by atoms with van der Waals surface area (Å²) in [5, 5.41) is 29.6. The summed E-state index contributed by atoms with van der Waals surface area (Å²) < 4.78 is 42.4. The number of anilines is 1. The zero-order valence-electron chi connectivity index (χ0n) is 16.6. The standard InChI is InChI=1S/C18H20F3N7O3S/c19-18(20,21)31-12-5-3-4-11(8-12)9-14(29)23-17-26-25-15(32-17)6-1-2-7-28-10-13(16(22)30)24-27-28/h3-5,8,10,14,29H,1-2,6-7,9H2,(H2,22,30)(H,23,26). The molecule has 1 atom stereocenters. The van der Waals surface area contributed by atoms with Crippen LogP contribution in [-0.2, 0) is 19.4 Å². The van der Waals surface area contributed by atoms with Gasteiger partial charge in [-0.1, -0.05) is 28.7 Å². The number of alkyl halides is 3. The SMILES string of the molecule is NC(=O)c1cn(CCCCc2nnc(NC(O)Cc3cccc(OC(F)(F)F)c3)s2)nn1. The zero-order valence-corrected chi connectivity index (χ0v) is 17.4. The van der Waals surface area contributed by atoms with Gasteiger partial charge in [-0.25, -0.2) is 0 Å². The quantitative estimate of drug-likeness (QED) is 0.285. The van der Waals surface area contributed by atoms with E-state index >= 15 is 0 Å². The number of aryl methyl sites for hydroxylation is 2. The molecular weight excluding hydrogens is 451 g/mol. The predicted octanol–water partition coefficient (Wildman–Crippen LogP) is 2.12. The Labute approximate surface area is 184 Å². The fourth-order valence-corrected chi connectivity index (χ4v) is 3.60. The van der Waals surface area contributed by atoms with Crippen molar-refractivity contribution in [1.82, 2.24) is 25.2 Å². The summed E-state index contributed by atoms with van der Waals surface area (Å²) >= 11 is 1.27. The number of benzene rings is 1. The van der Waals surface area contributed by atoms with Crippen LogP contribution in [0.3, 0.4) is 0 Å². The molecule has 1 aromatic carbocycles. The number of hydrogen-bond acceptors (Lipinski definition) is 9. The highest BCUT2D eigenvalue weighted by Gasteiger charge is 2.31. The molecule has 2 aromatic heterocycles. The van der Waals surface area contributed by atoms with Crippen LogP contribution in [0, 0.1) is 0 Å². The van der Waals surface area contributed by atoms with Crippen LogP contribution in [0.4, 0.5) is 18.3 Å². The van der Waals surface area contributed by atoms with Gasteiger partial charge in [-0.2, -0.15) is 0 Å². The van der Waals surface area contributed by atoms with Crippen molar-refractivity contribution >= 4 is 22.4 Å². The number of aliphatic hydroxyl groups excluding tert-OH is 1. The van der Waals surface area contributed by atoms with Gasteiger partial charge in [0.1, 0.15) is 17.0 Å². The van der Waals surface area contributed by atoms with E-state index in [-0.39, 0.29) is 17.9 Å². The van der Waals surface area contributed by atoms with Crippen molar-refractivity contribution in [3.05, 3.63) is 46.7 Å². The van der Waals surface area contributed by atoms with Crippen molar-refractivity contribution in [2.45, 2.75) is 44.8 Å². The van der Waals surface area contributed by atoms with Crippen LogP contribution >= 0.6 is 11.3 Å². The summed E-state index contributed by atoms with van der Waals surface area (Å²) in [6, 6.07) is 5.40. The minimum atomic E-state index is -4.78. The molecule has 0 saturated heterocycles. The van der Waals surface area contributed by atoms with Gasteiger partial charge in [0.15, 0.2) is 5.69 Å². The molecule has 3 rings (SSSR count). The molecule has 0 aliphatic carbocycles. The first-order valence-electron chi connectivity index (χ1n) is 9.49. The molecule has 10 nitrogen and oxygen atoms in total. The summed E-state index contributed by atoms with van der Waals surface area (Å²) in [6.07, 6.45) is -2.10. The fourth-order valence-electron chi connectivity index (χ4n) is 2.77. The molecular formula is C18H20F3N7O3S. The molecule has 0 bridgehead atoms. The van der Waals surface area contributed by atoms with Crippen LogP contribution in [0.5, 0.6) is 5.75 Å². The van der Waals surface area contributed by atoms with Crippen LogP contribution in [0.1, 0.15) is 33.9 Å². The number of carbonyl (C=O) groups excluding carboxylic acids is 1. The lowest BCUT2D eigenvalue weighted by Crippen LogP contribution is -2.21. The number of carbonyl (C=O) groups is 1. The summed E-state index contributed by atoms with van der Waals surface area (Å²) in [5.74, 6) is -0.980. The minimum absolute atomic E-state index is 0.0508. The van der Waals surface area contributed by atoms with Gasteiger partial charge < -0.3 is 20.9 Å². The Balaban J connectivity index is 1.42. The topological polar surface area (TPSA) is 141 Å². The van der Waals surface area contributed by atoms with Gasteiger partial charge in [0.25, 0.3) is 5.91 Å². The van der Waals surface area contributed by atoms with E-state index in [1.54, 1.807) is 6.07 Å². The molecule has 3 aromatic rings. The number of nitrogens with one attached hydrogen (secondary N) is 1. The van der Waals surface area contributed by atoms with Crippen LogP contribution in [-0.4, -0.2) is 48.8 Å². The number of rotatable bonds is 11. The average Bonchev–Trinajstić information content (AvgIpc) is 3.33. The summed E-state index contributed by atoms with van der Waals surface area (Å²) in [6.45, 7) is 0.569. The lowest BCUT2D eigenvalue weighted by molar-refractivity contribution is -0.274. The Morgan fingerprint density at radius 3 is 2.81 bits per heavy atom. The summed E-state index contributed by atoms with van der Waals surface area (Å²) in [5.41, 5.74) is 5.70. The number of amides is 1. The van der Waals surface area contributed by atoms with Crippen molar-refractivity contribution in [2.24, 2.45) is 5.73 Å². The van der Waals surface area contributed by atoms with Crippen molar-refractivity contribution in [3.63, 3.8) is 0 Å². The normalized spacial score (nSPS) is 12.5. The van der Waals surface area contributed by atoms with E-state index in [9.17, 15) is 23.1 Å². The second kappa shape index (κ2) is 10.4. The van der Waals surface area contributed by atoms with Gasteiger partial charge in [-0.3, -0.25) is 9.48 Å². The smallest absolute Gasteiger partial charge is 0.406 e. The lowest BCUT2D eigenvalue weighted by atomic mass is 10.1. The van der Waals surface area contributed by atoms with E-state index in [1.807, 2.05) is 0 Å². The number of primary amides is 1. The number of unbranched alkanes of at least 4 members (excludes halogenated alkanes) is 1. The number of aromatic nitrogens is 5. The number of nitrogens with zero attached hydrogens (tertiary/aromatic N) is 5. The van der Waals surface area contributed by atoms with E-state index in [2.05, 4.69) is 30.6 Å². The molecule has 0 saturated carbocycles. The molecule has 0 radical (unpaired) electrons. The highest BCUT2D eigenvalue weighted by atomic mass is 32.1. The van der Waals surface area contributed by atoms with Crippen molar-refractivity contribution in [3.8, 4) is 5.75 Å². The fraction of sp³-hybridized carbons (Fsp3) is 0.389. The maximum absolute atomic E-state index is 12.3. The Bertz CT molecular complexity index is 1040. The van der Waals surface area contributed by atoms with Crippen molar-refractivity contribution < 1.29 is 27.8 Å². The largest absolute Gasteiger partial charge is 0.573 e. The van der Waals surface area contributed by atoms with E-state index in [0.29, 0.717) is 23.7 Å². The molecule has 0 aliphatic heterocycles. The first-order chi connectivity index (χ1) is 15.2. The maximum atomic E-state index is 12.3. The monoisotopic (exact) mass is 471 g/mol. The van der Waals surface area contributed by atoms with Gasteiger partial charge >= 0.3 is 6.36 Å². The highest BCUT2D eigenvalue weighted by molar-refractivity contribution is 7.15. The van der Waals surface area contributed by atoms with E-state index in [1.165, 1.54) is 40.4 Å². The van der Waals surface area contributed by atoms with Crippen LogP contribution in [0.2, 0.25) is 0 Å². The molecule has 4 N–H and O–H groups in total. The van der Waals surface area contributed by atoms with Gasteiger partial charge in [-0.05, 0) is 30.5 Å². The number of hydrogen-bond donors (Lipinski definition) is 3. The number of nitrogens with two attached hydrogens (primary N) is 1. The molecule has 172 valence electrons. The molecule has 32 heavy (non-hydrogen) atoms. The lowest BCUT2D eigenvalue weighted by Gasteiger charge is -2.13. The Kier molecular flexibility index (Phi) is 7.58. The summed E-state index contributed by atoms with van der Waals surface area (Å²) in [7, 11) is 0. The Hall–Kier alpha value is -3.26. The third-order valence-electron chi connectivity index (χ3n) is 4.14. The minimum Gasteiger partial charge on any atom is -0.406 e. The highest BCUT2D eigenvalue weighted by Crippen LogP contribution is 2.24. The molecule has 0 spiro atoms. The number of ether oxygens (including phenoxy) is 1. The second-order valence-corrected chi connectivity index (χ2v) is 7.81. The van der Waals surface area contributed by atoms with Gasteiger partial charge in [0.05, 0.1) is 6.20 Å². The molecule has 0 aliphatic rings.